The smallest absolute Gasteiger partial charge is 0.195 e. The van der Waals surface area contributed by atoms with Gasteiger partial charge in [0.15, 0.2) is 4.77 Å². The van der Waals surface area contributed by atoms with Crippen molar-refractivity contribution in [1.82, 2.24) is 14.8 Å². The Balaban J connectivity index is 1.97. The summed E-state index contributed by atoms with van der Waals surface area (Å²) in [5.74, 6) is 0.986. The number of benzene rings is 1. The van der Waals surface area contributed by atoms with Gasteiger partial charge in [-0.2, -0.15) is 5.10 Å². The minimum absolute atomic E-state index is 0.455. The number of nitrogens with zero attached hydrogens (tertiary/aromatic N) is 2. The zero-order valence-corrected chi connectivity index (χ0v) is 10.6. The lowest BCUT2D eigenvalue weighted by Crippen LogP contribution is -2.19. The van der Waals surface area contributed by atoms with Crippen LogP contribution in [0.2, 0.25) is 0 Å². The van der Waals surface area contributed by atoms with E-state index in [-0.39, 0.29) is 0 Å². The SMILES string of the molecule is Cc1n[nH]c(=S)n1C1CCc2ccccc2C1. The van der Waals surface area contributed by atoms with Gasteiger partial charge in [-0.15, -0.1) is 0 Å². The molecule has 0 bridgehead atoms. The number of fused-ring (bicyclic) bond motifs is 1. The number of nitrogens with one attached hydrogen (secondary N) is 1. The fourth-order valence-corrected chi connectivity index (χ4v) is 3.04. The predicted octanol–water partition coefficient (Wildman–Crippen LogP) is 2.98. The van der Waals surface area contributed by atoms with Crippen molar-refractivity contribution in [3.05, 3.63) is 46.0 Å². The Labute approximate surface area is 105 Å². The molecule has 0 radical (unpaired) electrons. The van der Waals surface area contributed by atoms with Crippen LogP contribution in [-0.2, 0) is 12.8 Å². The fourth-order valence-electron chi connectivity index (χ4n) is 2.71. The Morgan fingerprint density at radius 3 is 2.82 bits per heavy atom. The lowest BCUT2D eigenvalue weighted by molar-refractivity contribution is 0.430. The van der Waals surface area contributed by atoms with E-state index in [0.717, 1.165) is 29.9 Å². The minimum Gasteiger partial charge on any atom is -0.301 e. The van der Waals surface area contributed by atoms with Gasteiger partial charge in [0.2, 0.25) is 0 Å². The monoisotopic (exact) mass is 245 g/mol. The molecule has 0 aliphatic heterocycles. The number of aromatic nitrogens is 3. The molecule has 3 nitrogen and oxygen atoms in total. The van der Waals surface area contributed by atoms with Gasteiger partial charge in [0.1, 0.15) is 5.82 Å². The van der Waals surface area contributed by atoms with E-state index in [4.69, 9.17) is 12.2 Å². The van der Waals surface area contributed by atoms with Gasteiger partial charge in [0.25, 0.3) is 0 Å². The second-order valence-corrected chi connectivity index (χ2v) is 5.00. The minimum atomic E-state index is 0.455. The summed E-state index contributed by atoms with van der Waals surface area (Å²) in [5, 5.41) is 7.07. The summed E-state index contributed by atoms with van der Waals surface area (Å²) in [4.78, 5) is 0. The average Bonchev–Trinajstić information content (AvgIpc) is 2.68. The summed E-state index contributed by atoms with van der Waals surface area (Å²) in [7, 11) is 0. The third-order valence-electron chi connectivity index (χ3n) is 3.57. The Kier molecular flexibility index (Phi) is 2.59. The third kappa shape index (κ3) is 1.82. The molecule has 2 aromatic rings. The van der Waals surface area contributed by atoms with E-state index in [1.807, 2.05) is 6.92 Å². The van der Waals surface area contributed by atoms with E-state index in [9.17, 15) is 0 Å². The van der Waals surface area contributed by atoms with Gasteiger partial charge in [0, 0.05) is 6.04 Å². The molecule has 1 atom stereocenters. The summed E-state index contributed by atoms with van der Waals surface area (Å²) in [6.45, 7) is 2.01. The molecule has 0 fully saturated rings. The van der Waals surface area contributed by atoms with Crippen LogP contribution in [0, 0.1) is 11.7 Å². The van der Waals surface area contributed by atoms with Gasteiger partial charge < -0.3 is 4.57 Å². The predicted molar refractivity (Wildman–Crippen MR) is 69.7 cm³/mol. The molecule has 1 aliphatic carbocycles. The largest absolute Gasteiger partial charge is 0.301 e. The first-order valence-electron chi connectivity index (χ1n) is 5.96. The van der Waals surface area contributed by atoms with Crippen molar-refractivity contribution in [2.75, 3.05) is 0 Å². The van der Waals surface area contributed by atoms with Crippen molar-refractivity contribution < 1.29 is 0 Å². The van der Waals surface area contributed by atoms with Crippen LogP contribution < -0.4 is 0 Å². The fraction of sp³-hybridized carbons (Fsp3) is 0.385. The number of H-pyrrole nitrogens is 1. The van der Waals surface area contributed by atoms with Crippen LogP contribution in [0.4, 0.5) is 0 Å². The first kappa shape index (κ1) is 10.7. The molecule has 1 N–H and O–H groups in total. The van der Waals surface area contributed by atoms with E-state index >= 15 is 0 Å². The second kappa shape index (κ2) is 4.11. The Hall–Kier alpha value is -1.42. The van der Waals surface area contributed by atoms with Crippen LogP contribution in [0.1, 0.15) is 29.4 Å². The highest BCUT2D eigenvalue weighted by atomic mass is 32.1. The molecule has 1 aliphatic rings. The van der Waals surface area contributed by atoms with Gasteiger partial charge in [-0.1, -0.05) is 24.3 Å². The van der Waals surface area contributed by atoms with E-state index in [1.54, 1.807) is 0 Å². The van der Waals surface area contributed by atoms with Crippen molar-refractivity contribution in [2.24, 2.45) is 0 Å². The maximum Gasteiger partial charge on any atom is 0.195 e. The number of hydrogen-bond donors (Lipinski definition) is 1. The Morgan fingerprint density at radius 2 is 2.12 bits per heavy atom. The van der Waals surface area contributed by atoms with Gasteiger partial charge in [0.05, 0.1) is 0 Å². The van der Waals surface area contributed by atoms with Crippen LogP contribution in [0.25, 0.3) is 0 Å². The molecule has 0 spiro atoms. The Morgan fingerprint density at radius 1 is 1.35 bits per heavy atom. The van der Waals surface area contributed by atoms with Gasteiger partial charge in [-0.25, -0.2) is 0 Å². The van der Waals surface area contributed by atoms with Gasteiger partial charge in [-0.3, -0.25) is 5.10 Å². The molecule has 1 heterocycles. The van der Waals surface area contributed by atoms with Crippen LogP contribution in [0.3, 0.4) is 0 Å². The molecule has 3 rings (SSSR count). The molecule has 0 amide bonds. The maximum absolute atomic E-state index is 5.30. The quantitative estimate of drug-likeness (QED) is 0.784. The summed E-state index contributed by atoms with van der Waals surface area (Å²) >= 11 is 5.30. The summed E-state index contributed by atoms with van der Waals surface area (Å²) in [6.07, 6.45) is 3.34. The maximum atomic E-state index is 5.30. The van der Waals surface area contributed by atoms with Crippen molar-refractivity contribution in [3.8, 4) is 0 Å². The first-order chi connectivity index (χ1) is 8.25. The zero-order chi connectivity index (χ0) is 11.8. The molecule has 1 aromatic carbocycles. The number of rotatable bonds is 1. The average molecular weight is 245 g/mol. The van der Waals surface area contributed by atoms with Crippen LogP contribution in [0.15, 0.2) is 24.3 Å². The highest BCUT2D eigenvalue weighted by molar-refractivity contribution is 7.71. The van der Waals surface area contributed by atoms with Gasteiger partial charge in [-0.05, 0) is 49.5 Å². The molecule has 1 aromatic heterocycles. The molecular weight excluding hydrogens is 230 g/mol. The molecule has 0 saturated carbocycles. The number of aromatic amines is 1. The van der Waals surface area contributed by atoms with E-state index in [0.29, 0.717) is 6.04 Å². The van der Waals surface area contributed by atoms with Crippen LogP contribution in [0.5, 0.6) is 0 Å². The van der Waals surface area contributed by atoms with Crippen molar-refractivity contribution in [1.29, 1.82) is 0 Å². The number of hydrogen-bond acceptors (Lipinski definition) is 2. The Bertz CT molecular complexity index is 597. The molecular formula is C13H15N3S. The summed E-state index contributed by atoms with van der Waals surface area (Å²) in [5.41, 5.74) is 2.93. The molecule has 88 valence electrons. The lowest BCUT2D eigenvalue weighted by atomic mass is 9.88. The standard InChI is InChI=1S/C13H15N3S/c1-9-14-15-13(17)16(9)12-7-6-10-4-2-3-5-11(10)8-12/h2-5,12H,6-8H2,1H3,(H,15,17). The highest BCUT2D eigenvalue weighted by Crippen LogP contribution is 2.29. The van der Waals surface area contributed by atoms with Crippen LogP contribution in [-0.4, -0.2) is 14.8 Å². The van der Waals surface area contributed by atoms with Crippen LogP contribution >= 0.6 is 12.2 Å². The van der Waals surface area contributed by atoms with Crippen molar-refractivity contribution in [2.45, 2.75) is 32.2 Å². The summed E-state index contributed by atoms with van der Waals surface area (Å²) in [6, 6.07) is 9.14. The molecule has 1 unspecified atom stereocenters. The highest BCUT2D eigenvalue weighted by Gasteiger charge is 2.21. The second-order valence-electron chi connectivity index (χ2n) is 4.61. The molecule has 0 saturated heterocycles. The van der Waals surface area contributed by atoms with Crippen molar-refractivity contribution >= 4 is 12.2 Å². The van der Waals surface area contributed by atoms with E-state index in [2.05, 4.69) is 39.0 Å². The topological polar surface area (TPSA) is 33.6 Å². The molecule has 4 heteroatoms. The summed E-state index contributed by atoms with van der Waals surface area (Å²) < 4.78 is 2.90. The van der Waals surface area contributed by atoms with Gasteiger partial charge >= 0.3 is 0 Å². The third-order valence-corrected chi connectivity index (χ3v) is 3.85. The lowest BCUT2D eigenvalue weighted by Gasteiger charge is -2.26. The normalized spacial score (nSPS) is 19.0. The van der Waals surface area contributed by atoms with E-state index in [1.165, 1.54) is 11.1 Å². The van der Waals surface area contributed by atoms with E-state index < -0.39 is 0 Å². The van der Waals surface area contributed by atoms with Crippen molar-refractivity contribution in [3.63, 3.8) is 0 Å². The zero-order valence-electron chi connectivity index (χ0n) is 9.81. The first-order valence-corrected chi connectivity index (χ1v) is 6.37. The number of aryl methyl sites for hydroxylation is 2. The molecule has 17 heavy (non-hydrogen) atoms.